The maximum atomic E-state index is 12.0. The van der Waals surface area contributed by atoms with Crippen molar-refractivity contribution in [1.82, 2.24) is 20.6 Å². The minimum atomic E-state index is -0.243. The first-order chi connectivity index (χ1) is 12.1. The normalized spacial score (nSPS) is 10.3. The van der Waals surface area contributed by atoms with Crippen LogP contribution in [0.1, 0.15) is 11.1 Å². The van der Waals surface area contributed by atoms with Gasteiger partial charge in [0.15, 0.2) is 6.61 Å². The number of aromatic nitrogens is 4. The average molecular weight is 339 g/mol. The average Bonchev–Trinajstić information content (AvgIpc) is 3.11. The van der Waals surface area contributed by atoms with Gasteiger partial charge in [0, 0.05) is 5.69 Å². The molecule has 3 rings (SSSR count). The standard InChI is InChI=1S/C17H17N5O3/c1-11-4-3-5-15(12(11)2)24-10-16(23)18-13-6-8-14(9-7-13)25-17-19-21-22-20-17/h3-9H,10H2,1-2H3,(H,18,23)(H,19,20,21,22). The van der Waals surface area contributed by atoms with E-state index in [1.54, 1.807) is 24.3 Å². The van der Waals surface area contributed by atoms with E-state index < -0.39 is 0 Å². The SMILES string of the molecule is Cc1cccc(OCC(=O)Nc2ccc(Oc3nn[nH]n3)cc2)c1C. The van der Waals surface area contributed by atoms with E-state index in [0.717, 1.165) is 11.1 Å². The number of hydrogen-bond acceptors (Lipinski definition) is 6. The topological polar surface area (TPSA) is 102 Å². The van der Waals surface area contributed by atoms with Gasteiger partial charge in [-0.15, -0.1) is 0 Å². The molecule has 2 N–H and O–H groups in total. The van der Waals surface area contributed by atoms with Crippen LogP contribution in [-0.4, -0.2) is 33.1 Å². The van der Waals surface area contributed by atoms with E-state index in [9.17, 15) is 4.79 Å². The third kappa shape index (κ3) is 4.31. The Kier molecular flexibility index (Phi) is 4.89. The first kappa shape index (κ1) is 16.4. The van der Waals surface area contributed by atoms with Crippen LogP contribution >= 0.6 is 0 Å². The molecule has 0 aliphatic rings. The zero-order valence-electron chi connectivity index (χ0n) is 13.8. The lowest BCUT2D eigenvalue weighted by Gasteiger charge is -2.11. The molecule has 0 atom stereocenters. The Balaban J connectivity index is 1.53. The van der Waals surface area contributed by atoms with Crippen molar-refractivity contribution in [2.45, 2.75) is 13.8 Å². The van der Waals surface area contributed by atoms with Gasteiger partial charge in [0.25, 0.3) is 5.91 Å². The zero-order chi connectivity index (χ0) is 17.6. The maximum Gasteiger partial charge on any atom is 0.361 e. The molecule has 3 aromatic rings. The summed E-state index contributed by atoms with van der Waals surface area (Å²) in [5.41, 5.74) is 2.78. The summed E-state index contributed by atoms with van der Waals surface area (Å²) < 4.78 is 10.9. The van der Waals surface area contributed by atoms with Gasteiger partial charge < -0.3 is 14.8 Å². The highest BCUT2D eigenvalue weighted by Crippen LogP contribution is 2.21. The number of hydrogen-bond donors (Lipinski definition) is 2. The number of aryl methyl sites for hydroxylation is 1. The van der Waals surface area contributed by atoms with Crippen LogP contribution in [0.4, 0.5) is 5.69 Å². The summed E-state index contributed by atoms with van der Waals surface area (Å²) in [5.74, 6) is 0.998. The van der Waals surface area contributed by atoms with Crippen LogP contribution in [0.25, 0.3) is 0 Å². The molecule has 0 bridgehead atoms. The Labute approximate surface area is 144 Å². The van der Waals surface area contributed by atoms with E-state index in [-0.39, 0.29) is 18.5 Å². The smallest absolute Gasteiger partial charge is 0.361 e. The molecule has 0 aliphatic carbocycles. The largest absolute Gasteiger partial charge is 0.483 e. The quantitative estimate of drug-likeness (QED) is 0.716. The summed E-state index contributed by atoms with van der Waals surface area (Å²) in [5, 5.41) is 15.8. The van der Waals surface area contributed by atoms with Crippen LogP contribution in [0, 0.1) is 13.8 Å². The molecule has 0 aliphatic heterocycles. The number of rotatable bonds is 6. The fourth-order valence-electron chi connectivity index (χ4n) is 2.13. The van der Waals surface area contributed by atoms with Crippen LogP contribution in [0.3, 0.4) is 0 Å². The van der Waals surface area contributed by atoms with Gasteiger partial charge in [-0.05, 0) is 60.5 Å². The molecule has 0 saturated heterocycles. The number of anilines is 1. The molecule has 0 saturated carbocycles. The van der Waals surface area contributed by atoms with Gasteiger partial charge in [0.2, 0.25) is 0 Å². The number of nitrogens with one attached hydrogen (secondary N) is 2. The summed E-state index contributed by atoms with van der Waals surface area (Å²) in [6.07, 6.45) is 0. The van der Waals surface area contributed by atoms with E-state index in [1.165, 1.54) is 0 Å². The summed E-state index contributed by atoms with van der Waals surface area (Å²) in [4.78, 5) is 12.0. The van der Waals surface area contributed by atoms with Crippen LogP contribution in [-0.2, 0) is 4.79 Å². The molecule has 8 nitrogen and oxygen atoms in total. The number of ether oxygens (including phenoxy) is 2. The van der Waals surface area contributed by atoms with E-state index in [1.807, 2.05) is 32.0 Å². The summed E-state index contributed by atoms with van der Waals surface area (Å²) in [6, 6.07) is 12.7. The molecule has 1 amide bonds. The number of carbonyl (C=O) groups is 1. The van der Waals surface area contributed by atoms with Crippen molar-refractivity contribution < 1.29 is 14.3 Å². The monoisotopic (exact) mass is 339 g/mol. The van der Waals surface area contributed by atoms with Crippen molar-refractivity contribution in [2.75, 3.05) is 11.9 Å². The van der Waals surface area contributed by atoms with Gasteiger partial charge in [-0.2, -0.15) is 5.21 Å². The molecular formula is C17H17N5O3. The number of amides is 1. The number of aromatic amines is 1. The lowest BCUT2D eigenvalue weighted by molar-refractivity contribution is -0.118. The molecule has 1 heterocycles. The van der Waals surface area contributed by atoms with Crippen molar-refractivity contribution in [3.8, 4) is 17.5 Å². The van der Waals surface area contributed by atoms with Gasteiger partial charge in [-0.1, -0.05) is 22.3 Å². The van der Waals surface area contributed by atoms with Crippen molar-refractivity contribution >= 4 is 11.6 Å². The van der Waals surface area contributed by atoms with Gasteiger partial charge >= 0.3 is 6.01 Å². The molecule has 128 valence electrons. The highest BCUT2D eigenvalue weighted by molar-refractivity contribution is 5.91. The third-order valence-electron chi connectivity index (χ3n) is 3.59. The highest BCUT2D eigenvalue weighted by Gasteiger charge is 2.07. The first-order valence-electron chi connectivity index (χ1n) is 7.62. The second-order valence-corrected chi connectivity index (χ2v) is 5.36. The van der Waals surface area contributed by atoms with Gasteiger partial charge in [-0.3, -0.25) is 4.79 Å². The molecular weight excluding hydrogens is 322 g/mol. The molecule has 25 heavy (non-hydrogen) atoms. The molecule has 0 unspecified atom stereocenters. The molecule has 0 radical (unpaired) electrons. The van der Waals surface area contributed by atoms with Crippen LogP contribution in [0.5, 0.6) is 17.5 Å². The van der Waals surface area contributed by atoms with Crippen LogP contribution in [0.2, 0.25) is 0 Å². The fraction of sp³-hybridized carbons (Fsp3) is 0.176. The van der Waals surface area contributed by atoms with E-state index in [0.29, 0.717) is 17.2 Å². The molecule has 0 fully saturated rings. The first-order valence-corrected chi connectivity index (χ1v) is 7.62. The summed E-state index contributed by atoms with van der Waals surface area (Å²) in [6.45, 7) is 3.90. The van der Waals surface area contributed by atoms with E-state index >= 15 is 0 Å². The van der Waals surface area contributed by atoms with Crippen molar-refractivity contribution in [3.63, 3.8) is 0 Å². The number of carbonyl (C=O) groups excluding carboxylic acids is 1. The summed E-state index contributed by atoms with van der Waals surface area (Å²) in [7, 11) is 0. The van der Waals surface area contributed by atoms with Gasteiger partial charge in [0.1, 0.15) is 11.5 Å². The second kappa shape index (κ2) is 7.43. The minimum absolute atomic E-state index is 0.0641. The summed E-state index contributed by atoms with van der Waals surface area (Å²) >= 11 is 0. The Morgan fingerprint density at radius 2 is 1.96 bits per heavy atom. The Hall–Kier alpha value is -3.42. The van der Waals surface area contributed by atoms with Crippen molar-refractivity contribution in [3.05, 3.63) is 53.6 Å². The molecule has 1 aromatic heterocycles. The third-order valence-corrected chi connectivity index (χ3v) is 3.59. The fourth-order valence-corrected chi connectivity index (χ4v) is 2.13. The van der Waals surface area contributed by atoms with Gasteiger partial charge in [0.05, 0.1) is 0 Å². The lowest BCUT2D eigenvalue weighted by Crippen LogP contribution is -2.20. The Bertz CT molecular complexity index is 847. The Morgan fingerprint density at radius 1 is 1.16 bits per heavy atom. The van der Waals surface area contributed by atoms with Crippen LogP contribution < -0.4 is 14.8 Å². The van der Waals surface area contributed by atoms with Crippen molar-refractivity contribution in [1.29, 1.82) is 0 Å². The number of H-pyrrole nitrogens is 1. The predicted molar refractivity (Wildman–Crippen MR) is 90.7 cm³/mol. The highest BCUT2D eigenvalue weighted by atomic mass is 16.5. The molecule has 2 aromatic carbocycles. The van der Waals surface area contributed by atoms with Crippen LogP contribution in [0.15, 0.2) is 42.5 Å². The van der Waals surface area contributed by atoms with E-state index in [4.69, 9.17) is 9.47 Å². The molecule has 0 spiro atoms. The lowest BCUT2D eigenvalue weighted by atomic mass is 10.1. The number of benzene rings is 2. The minimum Gasteiger partial charge on any atom is -0.483 e. The predicted octanol–water partition coefficient (Wildman–Crippen LogP) is 2.63. The van der Waals surface area contributed by atoms with Crippen molar-refractivity contribution in [2.24, 2.45) is 0 Å². The Morgan fingerprint density at radius 3 is 2.68 bits per heavy atom. The zero-order valence-corrected chi connectivity index (χ0v) is 13.8. The number of nitrogens with zero attached hydrogens (tertiary/aromatic N) is 3. The maximum absolute atomic E-state index is 12.0. The number of tetrazole rings is 1. The second-order valence-electron chi connectivity index (χ2n) is 5.36. The van der Waals surface area contributed by atoms with Gasteiger partial charge in [-0.25, -0.2) is 0 Å². The molecule has 8 heteroatoms. The van der Waals surface area contributed by atoms with E-state index in [2.05, 4.69) is 25.9 Å².